The van der Waals surface area contributed by atoms with E-state index in [0.29, 0.717) is 29.5 Å². The van der Waals surface area contributed by atoms with Crippen molar-refractivity contribution in [2.75, 3.05) is 13.1 Å². The van der Waals surface area contributed by atoms with Gasteiger partial charge in [-0.1, -0.05) is 31.1 Å². The van der Waals surface area contributed by atoms with E-state index in [9.17, 15) is 14.4 Å². The van der Waals surface area contributed by atoms with Gasteiger partial charge in [0, 0.05) is 36.7 Å². The average molecular weight is 447 g/mol. The van der Waals surface area contributed by atoms with E-state index in [4.69, 9.17) is 0 Å². The number of hydrogen-bond donors (Lipinski definition) is 2. The van der Waals surface area contributed by atoms with Gasteiger partial charge in [-0.2, -0.15) is 0 Å². The van der Waals surface area contributed by atoms with E-state index in [1.54, 1.807) is 38.4 Å². The molecule has 172 valence electrons. The number of aromatic nitrogens is 2. The summed E-state index contributed by atoms with van der Waals surface area (Å²) in [5.41, 5.74) is 1.57. The van der Waals surface area contributed by atoms with Crippen LogP contribution >= 0.6 is 0 Å². The number of likely N-dealkylation sites (tertiary alicyclic amines) is 1. The van der Waals surface area contributed by atoms with Gasteiger partial charge < -0.3 is 15.2 Å². The van der Waals surface area contributed by atoms with Crippen LogP contribution in [-0.4, -0.2) is 45.3 Å². The minimum atomic E-state index is -0.714. The molecule has 0 bridgehead atoms. The minimum absolute atomic E-state index is 0.0154. The van der Waals surface area contributed by atoms with Crippen LogP contribution in [0.3, 0.4) is 0 Å². The molecule has 0 unspecified atom stereocenters. The lowest BCUT2D eigenvalue weighted by molar-refractivity contribution is 0.0791. The van der Waals surface area contributed by atoms with Crippen LogP contribution in [-0.2, 0) is 0 Å². The van der Waals surface area contributed by atoms with Crippen molar-refractivity contribution in [1.82, 2.24) is 20.2 Å². The highest BCUT2D eigenvalue weighted by Gasteiger charge is 2.33. The molecule has 1 aliphatic heterocycles. The van der Waals surface area contributed by atoms with E-state index >= 15 is 0 Å². The number of hydrogen-bond acceptors (Lipinski definition) is 4. The Kier molecular flexibility index (Phi) is 6.64. The molecule has 2 aliphatic rings. The molecule has 0 aromatic carbocycles. The molecule has 0 spiro atoms. The highest BCUT2D eigenvalue weighted by molar-refractivity contribution is 5.96. The van der Waals surface area contributed by atoms with Gasteiger partial charge >= 0.3 is 0 Å². The maximum atomic E-state index is 13.1. The van der Waals surface area contributed by atoms with Gasteiger partial charge in [0.05, 0.1) is 5.56 Å². The molecule has 3 heterocycles. The Hall–Kier alpha value is -3.40. The number of rotatable bonds is 3. The van der Waals surface area contributed by atoms with Crippen LogP contribution in [0.15, 0.2) is 29.3 Å². The fourth-order valence-electron chi connectivity index (χ4n) is 4.77. The summed E-state index contributed by atoms with van der Waals surface area (Å²) in [6.45, 7) is 5.12. The third kappa shape index (κ3) is 5.16. The Balaban J connectivity index is 1.59. The number of carbonyl (C=O) groups excluding carboxylic acids is 2. The van der Waals surface area contributed by atoms with Gasteiger partial charge in [-0.15, -0.1) is 0 Å². The van der Waals surface area contributed by atoms with Crippen molar-refractivity contribution in [3.05, 3.63) is 62.8 Å². The number of pyridine rings is 2. The van der Waals surface area contributed by atoms with Gasteiger partial charge in [0.2, 0.25) is 0 Å². The molecule has 2 fully saturated rings. The second kappa shape index (κ2) is 9.62. The van der Waals surface area contributed by atoms with Crippen LogP contribution in [0.4, 0.5) is 0 Å². The second-order valence-electron chi connectivity index (χ2n) is 9.15. The van der Waals surface area contributed by atoms with Crippen molar-refractivity contribution in [1.29, 1.82) is 0 Å². The zero-order valence-corrected chi connectivity index (χ0v) is 19.3. The van der Waals surface area contributed by atoms with Crippen molar-refractivity contribution in [2.24, 2.45) is 0 Å². The average Bonchev–Trinajstić information content (AvgIpc) is 3.32. The van der Waals surface area contributed by atoms with Crippen LogP contribution in [0.25, 0.3) is 0 Å². The predicted molar refractivity (Wildman–Crippen MR) is 126 cm³/mol. The topological polar surface area (TPSA) is 95.2 Å². The number of aromatic amines is 1. The maximum Gasteiger partial charge on any atom is 0.261 e. The van der Waals surface area contributed by atoms with E-state index in [0.717, 1.165) is 50.9 Å². The normalized spacial score (nSPS) is 17.2. The summed E-state index contributed by atoms with van der Waals surface area (Å²) in [5, 5.41) is 3.07. The SMILES string of the molecule is Cc1cc(C)c(C(=O)NC2(C#Cc3cncc(C(=O)N4CCCC4)c3)CCCCC2)c(=O)[nH]1. The fourth-order valence-corrected chi connectivity index (χ4v) is 4.77. The summed E-state index contributed by atoms with van der Waals surface area (Å²) >= 11 is 0. The first-order chi connectivity index (χ1) is 15.9. The van der Waals surface area contributed by atoms with Crippen LogP contribution < -0.4 is 10.9 Å². The Labute approximate surface area is 194 Å². The zero-order chi connectivity index (χ0) is 23.4. The van der Waals surface area contributed by atoms with Gasteiger partial charge in [-0.25, -0.2) is 0 Å². The molecule has 1 saturated heterocycles. The monoisotopic (exact) mass is 446 g/mol. The first-order valence-electron chi connectivity index (χ1n) is 11.7. The third-order valence-electron chi connectivity index (χ3n) is 6.48. The summed E-state index contributed by atoms with van der Waals surface area (Å²) in [6.07, 6.45) is 9.70. The van der Waals surface area contributed by atoms with Gasteiger partial charge in [0.1, 0.15) is 11.1 Å². The summed E-state index contributed by atoms with van der Waals surface area (Å²) in [5.74, 6) is 6.01. The second-order valence-corrected chi connectivity index (χ2v) is 9.15. The molecule has 1 aliphatic carbocycles. The number of carbonyl (C=O) groups is 2. The van der Waals surface area contributed by atoms with E-state index in [1.165, 1.54) is 0 Å². The van der Waals surface area contributed by atoms with Crippen molar-refractivity contribution in [2.45, 2.75) is 64.3 Å². The van der Waals surface area contributed by atoms with Crippen molar-refractivity contribution >= 4 is 11.8 Å². The van der Waals surface area contributed by atoms with Crippen LogP contribution in [0.2, 0.25) is 0 Å². The van der Waals surface area contributed by atoms with Gasteiger partial charge in [-0.05, 0) is 57.2 Å². The quantitative estimate of drug-likeness (QED) is 0.709. The number of nitrogens with zero attached hydrogens (tertiary/aromatic N) is 2. The number of nitrogens with one attached hydrogen (secondary N) is 2. The third-order valence-corrected chi connectivity index (χ3v) is 6.48. The smallest absolute Gasteiger partial charge is 0.261 e. The van der Waals surface area contributed by atoms with Crippen molar-refractivity contribution in [3.63, 3.8) is 0 Å². The Morgan fingerprint density at radius 3 is 2.48 bits per heavy atom. The molecule has 0 radical (unpaired) electrons. The van der Waals surface area contributed by atoms with Crippen LogP contribution in [0, 0.1) is 25.7 Å². The molecule has 2 amide bonds. The number of aryl methyl sites for hydroxylation is 2. The molecule has 7 heteroatoms. The fraction of sp³-hybridized carbons (Fsp3) is 0.462. The maximum absolute atomic E-state index is 13.1. The minimum Gasteiger partial charge on any atom is -0.339 e. The predicted octanol–water partition coefficient (Wildman–Crippen LogP) is 3.11. The lowest BCUT2D eigenvalue weighted by Crippen LogP contribution is -2.50. The van der Waals surface area contributed by atoms with E-state index in [2.05, 4.69) is 27.1 Å². The van der Waals surface area contributed by atoms with Gasteiger partial charge in [0.15, 0.2) is 0 Å². The molecular weight excluding hydrogens is 416 g/mol. The first-order valence-corrected chi connectivity index (χ1v) is 11.7. The molecule has 0 atom stereocenters. The molecule has 4 rings (SSSR count). The summed E-state index contributed by atoms with van der Waals surface area (Å²) < 4.78 is 0. The lowest BCUT2D eigenvalue weighted by atomic mass is 9.81. The van der Waals surface area contributed by atoms with Crippen molar-refractivity contribution < 1.29 is 9.59 Å². The van der Waals surface area contributed by atoms with Gasteiger partial charge in [-0.3, -0.25) is 19.4 Å². The van der Waals surface area contributed by atoms with E-state index in [1.807, 2.05) is 4.90 Å². The van der Waals surface area contributed by atoms with Crippen molar-refractivity contribution in [3.8, 4) is 11.8 Å². The molecule has 1 saturated carbocycles. The Bertz CT molecular complexity index is 1180. The molecular formula is C26H30N4O3. The van der Waals surface area contributed by atoms with Gasteiger partial charge in [0.25, 0.3) is 17.4 Å². The summed E-state index contributed by atoms with van der Waals surface area (Å²) in [7, 11) is 0. The lowest BCUT2D eigenvalue weighted by Gasteiger charge is -2.33. The summed E-state index contributed by atoms with van der Waals surface area (Å²) in [6, 6.07) is 3.57. The summed E-state index contributed by atoms with van der Waals surface area (Å²) in [4.78, 5) is 47.0. The Morgan fingerprint density at radius 1 is 1.06 bits per heavy atom. The number of amides is 2. The largest absolute Gasteiger partial charge is 0.339 e. The van der Waals surface area contributed by atoms with E-state index in [-0.39, 0.29) is 17.0 Å². The standard InChI is InChI=1S/C26H30N4O3/c1-18-14-19(2)28-23(31)22(18)24(32)29-26(9-4-3-5-10-26)11-8-20-15-21(17-27-16-20)25(33)30-12-6-7-13-30/h14-17H,3-7,9-10,12-13H2,1-2H3,(H,28,31)(H,29,32). The molecule has 2 aromatic rings. The van der Waals surface area contributed by atoms with E-state index < -0.39 is 11.4 Å². The zero-order valence-electron chi connectivity index (χ0n) is 19.3. The molecule has 2 N–H and O–H groups in total. The van der Waals surface area contributed by atoms with Crippen LogP contribution in [0.1, 0.15) is 82.5 Å². The van der Waals surface area contributed by atoms with Crippen LogP contribution in [0.5, 0.6) is 0 Å². The molecule has 33 heavy (non-hydrogen) atoms. The molecule has 7 nitrogen and oxygen atoms in total. The number of H-pyrrole nitrogens is 1. The Morgan fingerprint density at radius 2 is 1.79 bits per heavy atom. The highest BCUT2D eigenvalue weighted by atomic mass is 16.2. The molecule has 2 aromatic heterocycles. The first kappa shape index (κ1) is 22.8. The highest BCUT2D eigenvalue weighted by Crippen LogP contribution is 2.28.